The van der Waals surface area contributed by atoms with Crippen molar-refractivity contribution < 1.29 is 4.84 Å². The maximum atomic E-state index is 7.90. The molecule has 0 bridgehead atoms. The number of hydroxylamine groups is 2. The van der Waals surface area contributed by atoms with Crippen LogP contribution in [-0.2, 0) is 4.84 Å². The van der Waals surface area contributed by atoms with Crippen molar-refractivity contribution in [1.82, 2.24) is 10.4 Å². The lowest BCUT2D eigenvalue weighted by Gasteiger charge is -2.38. The molecule has 0 spiro atoms. The van der Waals surface area contributed by atoms with Gasteiger partial charge in [0.2, 0.25) is 5.96 Å². The molecular weight excluding hydrogens is 366 g/mol. The summed E-state index contributed by atoms with van der Waals surface area (Å²) in [4.78, 5) is 9.98. The third-order valence-electron chi connectivity index (χ3n) is 3.76. The van der Waals surface area contributed by atoms with Crippen LogP contribution in [0.2, 0.25) is 0 Å². The standard InChI is InChI=1S/C14H27N5OS.BrH/c1-14(2)18-12(15)17-13(16)19(14)20-9-6-10-21-11-7-4-3-5-8-11;/h11H,3-10H2,1-2H3,(H4,15,16,17,18);1H. The van der Waals surface area contributed by atoms with Gasteiger partial charge in [0.05, 0.1) is 6.61 Å². The minimum Gasteiger partial charge on any atom is -0.370 e. The Balaban J connectivity index is 0.00000242. The van der Waals surface area contributed by atoms with Crippen LogP contribution in [0, 0.1) is 5.41 Å². The van der Waals surface area contributed by atoms with Crippen molar-refractivity contribution in [2.24, 2.45) is 10.7 Å². The number of hydrogen-bond donors (Lipinski definition) is 3. The second-order valence-electron chi connectivity index (χ2n) is 6.08. The van der Waals surface area contributed by atoms with Gasteiger partial charge in [0.1, 0.15) is 0 Å². The molecule has 1 aliphatic heterocycles. The van der Waals surface area contributed by atoms with Crippen LogP contribution in [0.3, 0.4) is 0 Å². The first-order valence-electron chi connectivity index (χ1n) is 7.75. The highest BCUT2D eigenvalue weighted by atomic mass is 79.9. The zero-order valence-corrected chi connectivity index (χ0v) is 16.0. The van der Waals surface area contributed by atoms with E-state index < -0.39 is 5.66 Å². The van der Waals surface area contributed by atoms with E-state index in [0.717, 1.165) is 17.4 Å². The number of hydrogen-bond acceptors (Lipinski definition) is 5. The van der Waals surface area contributed by atoms with Crippen molar-refractivity contribution in [1.29, 1.82) is 5.41 Å². The highest BCUT2D eigenvalue weighted by Gasteiger charge is 2.34. The Labute approximate surface area is 147 Å². The third kappa shape index (κ3) is 5.62. The minimum atomic E-state index is -0.636. The Bertz CT molecular complexity index is 399. The fourth-order valence-corrected chi connectivity index (χ4v) is 4.02. The average Bonchev–Trinajstić information content (AvgIpc) is 2.41. The number of nitrogens with zero attached hydrogens (tertiary/aromatic N) is 2. The van der Waals surface area contributed by atoms with Gasteiger partial charge in [-0.15, -0.1) is 17.0 Å². The van der Waals surface area contributed by atoms with Crippen LogP contribution in [0.25, 0.3) is 0 Å². The molecule has 0 aromatic rings. The average molecular weight is 394 g/mol. The van der Waals surface area contributed by atoms with Gasteiger partial charge in [-0.1, -0.05) is 19.3 Å². The van der Waals surface area contributed by atoms with Gasteiger partial charge in [-0.3, -0.25) is 15.6 Å². The van der Waals surface area contributed by atoms with Crippen LogP contribution in [0.15, 0.2) is 4.99 Å². The van der Waals surface area contributed by atoms with Crippen LogP contribution in [-0.4, -0.2) is 40.3 Å². The summed E-state index contributed by atoms with van der Waals surface area (Å²) in [5.74, 6) is 1.52. The number of nitrogens with one attached hydrogen (secondary N) is 2. The van der Waals surface area contributed by atoms with E-state index in [1.807, 2.05) is 13.8 Å². The molecular formula is C14H28BrN5OS. The summed E-state index contributed by atoms with van der Waals surface area (Å²) in [5.41, 5.74) is 5.00. The van der Waals surface area contributed by atoms with E-state index in [1.54, 1.807) is 0 Å². The molecule has 4 N–H and O–H groups in total. The largest absolute Gasteiger partial charge is 0.370 e. The predicted molar refractivity (Wildman–Crippen MR) is 98.6 cm³/mol. The first-order chi connectivity index (χ1) is 9.99. The highest BCUT2D eigenvalue weighted by molar-refractivity contribution is 8.93. The number of rotatable bonds is 6. The smallest absolute Gasteiger partial charge is 0.224 e. The Morgan fingerprint density at radius 2 is 2.09 bits per heavy atom. The molecule has 2 aliphatic rings. The fourth-order valence-electron chi connectivity index (χ4n) is 2.73. The summed E-state index contributed by atoms with van der Waals surface area (Å²) in [6.45, 7) is 4.36. The Morgan fingerprint density at radius 3 is 2.73 bits per heavy atom. The lowest BCUT2D eigenvalue weighted by molar-refractivity contribution is -0.159. The van der Waals surface area contributed by atoms with Gasteiger partial charge in [-0.05, 0) is 38.9 Å². The maximum Gasteiger partial charge on any atom is 0.224 e. The molecule has 6 nitrogen and oxygen atoms in total. The highest BCUT2D eigenvalue weighted by Crippen LogP contribution is 2.28. The predicted octanol–water partition coefficient (Wildman–Crippen LogP) is 2.84. The Morgan fingerprint density at radius 1 is 1.41 bits per heavy atom. The van der Waals surface area contributed by atoms with Crippen molar-refractivity contribution in [3.63, 3.8) is 0 Å². The molecule has 8 heteroatoms. The second-order valence-corrected chi connectivity index (χ2v) is 7.49. The molecule has 2 rings (SSSR count). The number of aliphatic imine (C=N–C) groups is 1. The molecule has 128 valence electrons. The van der Waals surface area contributed by atoms with Crippen LogP contribution in [0.1, 0.15) is 52.4 Å². The molecule has 0 amide bonds. The van der Waals surface area contributed by atoms with Gasteiger partial charge in [0.25, 0.3) is 0 Å². The minimum absolute atomic E-state index is 0. The fraction of sp³-hybridized carbons (Fsp3) is 0.857. The normalized spacial score (nSPS) is 21.8. The summed E-state index contributed by atoms with van der Waals surface area (Å²) in [6.07, 6.45) is 7.90. The molecule has 1 saturated carbocycles. The number of guanidine groups is 2. The molecule has 1 fully saturated rings. The van der Waals surface area contributed by atoms with E-state index in [9.17, 15) is 0 Å². The monoisotopic (exact) mass is 393 g/mol. The summed E-state index contributed by atoms with van der Waals surface area (Å²) in [5, 5.41) is 12.9. The first kappa shape index (κ1) is 19.6. The van der Waals surface area contributed by atoms with Crippen molar-refractivity contribution in [3.05, 3.63) is 0 Å². The molecule has 22 heavy (non-hydrogen) atoms. The van der Waals surface area contributed by atoms with Crippen LogP contribution < -0.4 is 11.1 Å². The zero-order chi connectivity index (χ0) is 15.3. The van der Waals surface area contributed by atoms with Gasteiger partial charge >= 0.3 is 0 Å². The third-order valence-corrected chi connectivity index (χ3v) is 5.22. The lowest BCUT2D eigenvalue weighted by Crippen LogP contribution is -2.59. The topological polar surface area (TPSA) is 86.7 Å². The van der Waals surface area contributed by atoms with E-state index in [-0.39, 0.29) is 28.9 Å². The van der Waals surface area contributed by atoms with Gasteiger partial charge < -0.3 is 5.73 Å². The van der Waals surface area contributed by atoms with Crippen molar-refractivity contribution in [2.45, 2.75) is 63.3 Å². The number of nitrogens with two attached hydrogens (primary N) is 1. The van der Waals surface area contributed by atoms with E-state index in [2.05, 4.69) is 22.1 Å². The molecule has 1 heterocycles. The van der Waals surface area contributed by atoms with Crippen molar-refractivity contribution in [2.75, 3.05) is 12.4 Å². The van der Waals surface area contributed by atoms with Crippen molar-refractivity contribution >= 4 is 40.7 Å². The molecule has 0 radical (unpaired) electrons. The van der Waals surface area contributed by atoms with Crippen molar-refractivity contribution in [3.8, 4) is 0 Å². The molecule has 0 saturated heterocycles. The molecule has 0 atom stereocenters. The zero-order valence-electron chi connectivity index (χ0n) is 13.4. The van der Waals surface area contributed by atoms with Gasteiger partial charge in [0.15, 0.2) is 11.6 Å². The van der Waals surface area contributed by atoms with E-state index in [1.165, 1.54) is 37.2 Å². The van der Waals surface area contributed by atoms with E-state index >= 15 is 0 Å². The summed E-state index contributed by atoms with van der Waals surface area (Å²) in [7, 11) is 0. The molecule has 0 aromatic carbocycles. The SMILES string of the molecule is Br.CC1(C)N=C(N)NC(=N)N1OCCCSC1CCCCC1. The van der Waals surface area contributed by atoms with Gasteiger partial charge in [-0.25, -0.2) is 4.99 Å². The second kappa shape index (κ2) is 8.98. The number of thioether (sulfide) groups is 1. The number of halogens is 1. The summed E-state index contributed by atoms with van der Waals surface area (Å²) >= 11 is 2.07. The van der Waals surface area contributed by atoms with Crippen LogP contribution in [0.5, 0.6) is 0 Å². The molecule has 0 aromatic heterocycles. The molecule has 1 aliphatic carbocycles. The molecule has 0 unspecified atom stereocenters. The first-order valence-corrected chi connectivity index (χ1v) is 8.79. The summed E-state index contributed by atoms with van der Waals surface area (Å²) in [6, 6.07) is 0. The van der Waals surface area contributed by atoms with E-state index in [0.29, 0.717) is 6.61 Å². The van der Waals surface area contributed by atoms with Crippen LogP contribution in [0.4, 0.5) is 0 Å². The van der Waals surface area contributed by atoms with Gasteiger partial charge in [0, 0.05) is 5.25 Å². The Hall–Kier alpha value is -0.470. The van der Waals surface area contributed by atoms with Crippen LogP contribution >= 0.6 is 28.7 Å². The lowest BCUT2D eigenvalue weighted by atomic mass is 10.0. The van der Waals surface area contributed by atoms with E-state index in [4.69, 9.17) is 16.0 Å². The summed E-state index contributed by atoms with van der Waals surface area (Å²) < 4.78 is 0. The Kier molecular flexibility index (Phi) is 7.99. The quantitative estimate of drug-likeness (QED) is 0.603. The maximum absolute atomic E-state index is 7.90. The van der Waals surface area contributed by atoms with Gasteiger partial charge in [-0.2, -0.15) is 16.8 Å².